The average Bonchev–Trinajstić information content (AvgIpc) is 3.03. The topological polar surface area (TPSA) is 98.6 Å². The summed E-state index contributed by atoms with van der Waals surface area (Å²) in [5, 5.41) is 0.418. The minimum atomic E-state index is -3.93. The van der Waals surface area contributed by atoms with E-state index >= 15 is 0 Å². The number of benzene rings is 4. The summed E-state index contributed by atoms with van der Waals surface area (Å²) in [5.74, 6) is -0.147. The summed E-state index contributed by atoms with van der Waals surface area (Å²) in [7, 11) is -1.09. The number of esters is 1. The minimum Gasteiger partial charge on any atom is -0.465 e. The predicted octanol–water partition coefficient (Wildman–Crippen LogP) is 6.52. The van der Waals surface area contributed by atoms with Gasteiger partial charge in [-0.05, 0) is 77.6 Å². The molecule has 5 aromatic rings. The van der Waals surface area contributed by atoms with E-state index in [-0.39, 0.29) is 21.7 Å². The van der Waals surface area contributed by atoms with Crippen LogP contribution in [0.1, 0.15) is 55.5 Å². The number of rotatable bonds is 7. The molecule has 0 spiro atoms. The monoisotopic (exact) mass is 609 g/mol. The molecule has 0 fully saturated rings. The van der Waals surface area contributed by atoms with E-state index in [4.69, 9.17) is 9.72 Å². The van der Waals surface area contributed by atoms with Crippen molar-refractivity contribution in [2.45, 2.75) is 44.0 Å². The van der Waals surface area contributed by atoms with Gasteiger partial charge in [0, 0.05) is 7.05 Å². The molecular formula is C35H35N3O5S. The van der Waals surface area contributed by atoms with E-state index in [0.717, 1.165) is 16.7 Å². The maximum absolute atomic E-state index is 13.9. The van der Waals surface area contributed by atoms with Crippen molar-refractivity contribution < 1.29 is 17.9 Å². The van der Waals surface area contributed by atoms with E-state index < -0.39 is 22.0 Å². The second-order valence-electron chi connectivity index (χ2n) is 11.7. The third-order valence-electron chi connectivity index (χ3n) is 7.86. The van der Waals surface area contributed by atoms with Crippen LogP contribution in [-0.4, -0.2) is 42.4 Å². The summed E-state index contributed by atoms with van der Waals surface area (Å²) in [5.41, 5.74) is 3.67. The van der Waals surface area contributed by atoms with E-state index in [1.54, 1.807) is 73.7 Å². The van der Waals surface area contributed by atoms with Gasteiger partial charge in [-0.2, -0.15) is 4.31 Å². The highest BCUT2D eigenvalue weighted by molar-refractivity contribution is 7.89. The summed E-state index contributed by atoms with van der Waals surface area (Å²) < 4.78 is 35.1. The van der Waals surface area contributed by atoms with Gasteiger partial charge < -0.3 is 4.74 Å². The highest BCUT2D eigenvalue weighted by Gasteiger charge is 2.30. The zero-order chi connectivity index (χ0) is 31.8. The molecule has 0 amide bonds. The molecule has 1 unspecified atom stereocenters. The van der Waals surface area contributed by atoms with Crippen molar-refractivity contribution in [2.75, 3.05) is 14.2 Å². The molecule has 1 heterocycles. The Kier molecular flexibility index (Phi) is 8.29. The molecule has 226 valence electrons. The van der Waals surface area contributed by atoms with E-state index in [2.05, 4.69) is 20.8 Å². The van der Waals surface area contributed by atoms with Gasteiger partial charge in [0.15, 0.2) is 0 Å². The second kappa shape index (κ2) is 11.8. The smallest absolute Gasteiger partial charge is 0.337 e. The first kappa shape index (κ1) is 30.8. The summed E-state index contributed by atoms with van der Waals surface area (Å²) in [6.45, 7) is 7.94. The average molecular weight is 610 g/mol. The zero-order valence-corrected chi connectivity index (χ0v) is 26.4. The first-order valence-corrected chi connectivity index (χ1v) is 15.7. The molecule has 1 aromatic heterocycles. The fraction of sp³-hybridized carbons (Fsp3) is 0.229. The molecule has 0 aliphatic heterocycles. The van der Waals surface area contributed by atoms with Gasteiger partial charge in [-0.1, -0.05) is 69.3 Å². The van der Waals surface area contributed by atoms with Crippen LogP contribution in [0.5, 0.6) is 0 Å². The molecule has 0 N–H and O–H groups in total. The highest BCUT2D eigenvalue weighted by Crippen LogP contribution is 2.30. The lowest BCUT2D eigenvalue weighted by atomic mass is 9.87. The van der Waals surface area contributed by atoms with Gasteiger partial charge in [0.25, 0.3) is 5.56 Å². The predicted molar refractivity (Wildman–Crippen MR) is 173 cm³/mol. The zero-order valence-electron chi connectivity index (χ0n) is 25.6. The van der Waals surface area contributed by atoms with Gasteiger partial charge in [0.2, 0.25) is 10.0 Å². The lowest BCUT2D eigenvalue weighted by Crippen LogP contribution is -2.35. The van der Waals surface area contributed by atoms with Crippen LogP contribution < -0.4 is 5.56 Å². The SMILES string of the molecule is COC(=O)c1cccc(-c2ccc(-n3c(C(C)N(C)S(=O)(=O)c4ccc(C(C)(C)C)cc4)nc4ccccc4c3=O)cc2)c1. The van der Waals surface area contributed by atoms with Crippen molar-refractivity contribution in [3.05, 3.63) is 124 Å². The number of carbonyl (C=O) groups excluding carboxylic acids is 1. The molecule has 0 saturated heterocycles. The van der Waals surface area contributed by atoms with Gasteiger partial charge in [0.05, 0.1) is 40.2 Å². The van der Waals surface area contributed by atoms with Crippen LogP contribution in [0.3, 0.4) is 0 Å². The van der Waals surface area contributed by atoms with E-state index in [1.807, 2.05) is 30.3 Å². The number of ether oxygens (including phenoxy) is 1. The van der Waals surface area contributed by atoms with Crippen molar-refractivity contribution in [3.63, 3.8) is 0 Å². The molecule has 0 saturated carbocycles. The number of nitrogens with zero attached hydrogens (tertiary/aromatic N) is 3. The minimum absolute atomic E-state index is 0.119. The van der Waals surface area contributed by atoms with Crippen molar-refractivity contribution in [1.82, 2.24) is 13.9 Å². The Bertz CT molecular complexity index is 2010. The van der Waals surface area contributed by atoms with Gasteiger partial charge in [-0.25, -0.2) is 18.2 Å². The highest BCUT2D eigenvalue weighted by atomic mass is 32.2. The lowest BCUT2D eigenvalue weighted by molar-refractivity contribution is 0.0600. The second-order valence-corrected chi connectivity index (χ2v) is 13.7. The Morgan fingerprint density at radius 3 is 2.18 bits per heavy atom. The van der Waals surface area contributed by atoms with Crippen molar-refractivity contribution in [2.24, 2.45) is 0 Å². The number of methoxy groups -OCH3 is 1. The van der Waals surface area contributed by atoms with Crippen molar-refractivity contribution in [1.29, 1.82) is 0 Å². The Morgan fingerprint density at radius 1 is 0.886 bits per heavy atom. The Labute approximate surface area is 257 Å². The fourth-order valence-corrected chi connectivity index (χ4v) is 6.41. The molecule has 5 rings (SSSR count). The number of hydrogen-bond donors (Lipinski definition) is 0. The first-order chi connectivity index (χ1) is 20.8. The molecule has 4 aromatic carbocycles. The van der Waals surface area contributed by atoms with Crippen LogP contribution in [-0.2, 0) is 20.2 Å². The molecule has 44 heavy (non-hydrogen) atoms. The molecule has 0 aliphatic carbocycles. The van der Waals surface area contributed by atoms with E-state index in [9.17, 15) is 18.0 Å². The van der Waals surface area contributed by atoms with Gasteiger partial charge >= 0.3 is 5.97 Å². The summed E-state index contributed by atoms with van der Waals surface area (Å²) in [6.07, 6.45) is 0. The third kappa shape index (κ3) is 5.80. The van der Waals surface area contributed by atoms with Crippen LogP contribution in [0.25, 0.3) is 27.7 Å². The van der Waals surface area contributed by atoms with Crippen LogP contribution in [0.4, 0.5) is 0 Å². The van der Waals surface area contributed by atoms with Crippen molar-refractivity contribution >= 4 is 26.9 Å². The van der Waals surface area contributed by atoms with Gasteiger partial charge in [-0.3, -0.25) is 9.36 Å². The van der Waals surface area contributed by atoms with E-state index in [1.165, 1.54) is 23.0 Å². The molecule has 8 nitrogen and oxygen atoms in total. The van der Waals surface area contributed by atoms with Crippen LogP contribution in [0.2, 0.25) is 0 Å². The Balaban J connectivity index is 1.58. The summed E-state index contributed by atoms with van der Waals surface area (Å²) in [6, 6.07) is 27.5. The molecule has 0 aliphatic rings. The number of hydrogen-bond acceptors (Lipinski definition) is 6. The van der Waals surface area contributed by atoms with Crippen molar-refractivity contribution in [3.8, 4) is 16.8 Å². The molecule has 0 bridgehead atoms. The Hall–Kier alpha value is -4.60. The molecule has 0 radical (unpaired) electrons. The van der Waals surface area contributed by atoms with Crippen LogP contribution in [0, 0.1) is 0 Å². The van der Waals surface area contributed by atoms with Gasteiger partial charge in [-0.15, -0.1) is 0 Å². The number of carbonyl (C=O) groups is 1. The fourth-order valence-electron chi connectivity index (χ4n) is 5.09. The molecular weight excluding hydrogens is 574 g/mol. The first-order valence-electron chi connectivity index (χ1n) is 14.2. The Morgan fingerprint density at radius 2 is 1.55 bits per heavy atom. The lowest BCUT2D eigenvalue weighted by Gasteiger charge is -2.27. The number of aromatic nitrogens is 2. The molecule has 1 atom stereocenters. The maximum Gasteiger partial charge on any atom is 0.337 e. The molecule has 9 heteroatoms. The quantitative estimate of drug-likeness (QED) is 0.195. The third-order valence-corrected chi connectivity index (χ3v) is 9.80. The number of fused-ring (bicyclic) bond motifs is 1. The maximum atomic E-state index is 13.9. The van der Waals surface area contributed by atoms with E-state index in [0.29, 0.717) is 22.2 Å². The summed E-state index contributed by atoms with van der Waals surface area (Å²) >= 11 is 0. The normalized spacial score (nSPS) is 12.8. The number of para-hydroxylation sites is 1. The van der Waals surface area contributed by atoms with Gasteiger partial charge in [0.1, 0.15) is 5.82 Å². The van der Waals surface area contributed by atoms with Crippen LogP contribution >= 0.6 is 0 Å². The summed E-state index contributed by atoms with van der Waals surface area (Å²) in [4.78, 5) is 31.0. The van der Waals surface area contributed by atoms with Crippen LogP contribution in [0.15, 0.2) is 107 Å². The largest absolute Gasteiger partial charge is 0.465 e. The number of sulfonamides is 1. The standard InChI is InChI=1S/C35H35N3O5S/c1-23(37(5)44(41,42)29-20-16-27(17-21-29)35(2,3)4)32-36-31-13-8-7-12-30(31)33(39)38(32)28-18-14-24(15-19-28)25-10-9-11-26(22-25)34(40)43-6/h7-23H,1-6H3.